The smallest absolute Gasteiger partial charge is 0.249 e. The van der Waals surface area contributed by atoms with Crippen LogP contribution in [0, 0.1) is 0 Å². The van der Waals surface area contributed by atoms with Crippen LogP contribution in [0.2, 0.25) is 0 Å². The minimum Gasteiger partial charge on any atom is -0.394 e. The van der Waals surface area contributed by atoms with Crippen LogP contribution in [0.3, 0.4) is 0 Å². The second-order valence-corrected chi connectivity index (χ2v) is 26.7. The van der Waals surface area contributed by atoms with E-state index in [1.165, 1.54) is 263 Å². The molecule has 1 amide bonds. The molecule has 0 saturated carbocycles. The molecule has 1 aliphatic rings. The van der Waals surface area contributed by atoms with Crippen molar-refractivity contribution >= 4 is 5.91 Å². The first-order valence-corrected chi connectivity index (χ1v) is 38.2. The van der Waals surface area contributed by atoms with Crippen LogP contribution in [-0.4, -0.2) is 110 Å². The number of hydrogen-bond acceptors (Lipinski definition) is 10. The molecule has 11 nitrogen and oxygen atoms in total. The lowest BCUT2D eigenvalue weighted by atomic mass is 9.98. The van der Waals surface area contributed by atoms with Crippen LogP contribution in [0.4, 0.5) is 0 Å². The molecular formula is C78H145NO10. The van der Waals surface area contributed by atoms with Gasteiger partial charge in [0.2, 0.25) is 5.91 Å². The average Bonchev–Trinajstić information content (AvgIpc) is 3.68. The number of allylic oxidation sites excluding steroid dienone is 10. The van der Waals surface area contributed by atoms with Crippen LogP contribution in [0.15, 0.2) is 60.8 Å². The summed E-state index contributed by atoms with van der Waals surface area (Å²) in [5, 5.41) is 76.6. The highest BCUT2D eigenvalue weighted by Gasteiger charge is 2.44. The van der Waals surface area contributed by atoms with Crippen LogP contribution in [0.25, 0.3) is 0 Å². The maximum atomic E-state index is 13.3. The monoisotopic (exact) mass is 1260 g/mol. The number of carbonyl (C=O) groups is 1. The molecule has 1 aliphatic heterocycles. The zero-order valence-corrected chi connectivity index (χ0v) is 57.9. The highest BCUT2D eigenvalue weighted by Crippen LogP contribution is 2.24. The van der Waals surface area contributed by atoms with E-state index >= 15 is 0 Å². The number of unbranched alkanes of at least 4 members (excludes halogenated alkanes) is 45. The van der Waals surface area contributed by atoms with Crippen LogP contribution in [-0.2, 0) is 14.3 Å². The van der Waals surface area contributed by atoms with Crippen LogP contribution >= 0.6 is 0 Å². The molecule has 1 saturated heterocycles. The molecule has 9 atom stereocenters. The summed E-state index contributed by atoms with van der Waals surface area (Å²) in [6.45, 7) is 3.49. The molecule has 9 unspecified atom stereocenters. The summed E-state index contributed by atoms with van der Waals surface area (Å²) in [7, 11) is 0. The van der Waals surface area contributed by atoms with Gasteiger partial charge in [0, 0.05) is 0 Å². The number of amides is 1. The summed E-state index contributed by atoms with van der Waals surface area (Å²) in [5.41, 5.74) is 0. The summed E-state index contributed by atoms with van der Waals surface area (Å²) >= 11 is 0. The molecule has 0 aromatic heterocycles. The first kappa shape index (κ1) is 84.8. The van der Waals surface area contributed by atoms with E-state index in [-0.39, 0.29) is 12.8 Å². The number of aliphatic hydroxyl groups excluding tert-OH is 7. The van der Waals surface area contributed by atoms with Gasteiger partial charge in [-0.05, 0) is 96.3 Å². The zero-order valence-electron chi connectivity index (χ0n) is 57.9. The Labute approximate surface area is 548 Å². The molecule has 11 heteroatoms. The van der Waals surface area contributed by atoms with Crippen molar-refractivity contribution < 1.29 is 50.0 Å². The summed E-state index contributed by atoms with van der Waals surface area (Å²) in [6, 6.07) is -1.20. The summed E-state index contributed by atoms with van der Waals surface area (Å²) in [6.07, 6.45) is 77.5. The molecule has 8 N–H and O–H groups in total. The normalized spacial score (nSPS) is 18.9. The molecule has 1 fully saturated rings. The number of aliphatic hydroxyl groups is 7. The third-order valence-electron chi connectivity index (χ3n) is 18.2. The van der Waals surface area contributed by atoms with Crippen LogP contribution in [0.1, 0.15) is 361 Å². The molecule has 1 rings (SSSR count). The maximum absolute atomic E-state index is 13.3. The topological polar surface area (TPSA) is 189 Å². The molecule has 0 aromatic carbocycles. The second-order valence-electron chi connectivity index (χ2n) is 26.7. The van der Waals surface area contributed by atoms with Gasteiger partial charge in [-0.1, -0.05) is 325 Å². The fourth-order valence-corrected chi connectivity index (χ4v) is 12.2. The van der Waals surface area contributed by atoms with Crippen molar-refractivity contribution in [1.82, 2.24) is 5.32 Å². The molecule has 89 heavy (non-hydrogen) atoms. The van der Waals surface area contributed by atoms with Crippen LogP contribution in [0.5, 0.6) is 0 Å². The number of carbonyl (C=O) groups excluding carboxylic acids is 1. The maximum Gasteiger partial charge on any atom is 0.249 e. The van der Waals surface area contributed by atoms with Gasteiger partial charge >= 0.3 is 0 Å². The molecule has 0 aromatic rings. The number of rotatable bonds is 67. The Hall–Kier alpha value is -2.19. The predicted molar refractivity (Wildman–Crippen MR) is 376 cm³/mol. The molecular weight excluding hydrogens is 1110 g/mol. The van der Waals surface area contributed by atoms with E-state index in [1.807, 2.05) is 0 Å². The number of nitrogens with one attached hydrogen (secondary N) is 1. The van der Waals surface area contributed by atoms with Gasteiger partial charge in [0.15, 0.2) is 6.29 Å². The third kappa shape index (κ3) is 52.8. The second kappa shape index (κ2) is 65.9. The van der Waals surface area contributed by atoms with Crippen molar-refractivity contribution in [3.8, 4) is 0 Å². The Morgan fingerprint density at radius 3 is 1.07 bits per heavy atom. The standard InChI is InChI=1S/C78H145NO10/c1-3-5-7-9-11-13-15-17-19-21-23-25-27-29-31-33-35-36-38-39-41-43-45-47-49-51-53-55-57-59-61-63-65-70(81)73(83)69(68-88-78-76(86)75(85)74(84)72(67-80)89-78)79-77(87)71(82)66-64-62-60-58-56-54-52-50-48-46-44-42-40-37-34-32-30-28-26-24-22-20-18-16-14-12-10-8-6-4-2/h24,26,30,32,41,43,49,51,57,59,69-76,78,80-86H,3-23,25,27-29,31,33-40,42,44-48,50,52-56,58,60-68H2,1-2H3,(H,79,87)/b26-24-,32-30-,43-41+,51-49+,59-57+. The van der Waals surface area contributed by atoms with E-state index in [1.54, 1.807) is 0 Å². The molecule has 0 spiro atoms. The van der Waals surface area contributed by atoms with Crippen molar-refractivity contribution in [3.05, 3.63) is 60.8 Å². The molecule has 522 valence electrons. The Morgan fingerprint density at radius 2 is 0.708 bits per heavy atom. The minimum absolute atomic E-state index is 0.240. The van der Waals surface area contributed by atoms with E-state index in [9.17, 15) is 40.5 Å². The summed E-state index contributed by atoms with van der Waals surface area (Å²) < 4.78 is 11.2. The highest BCUT2D eigenvalue weighted by molar-refractivity contribution is 5.80. The third-order valence-corrected chi connectivity index (χ3v) is 18.2. The first-order valence-electron chi connectivity index (χ1n) is 38.2. The quantitative estimate of drug-likeness (QED) is 0.0215. The Kier molecular flexibility index (Phi) is 62.8. The van der Waals surface area contributed by atoms with Crippen molar-refractivity contribution in [2.24, 2.45) is 0 Å². The molecule has 0 radical (unpaired) electrons. The highest BCUT2D eigenvalue weighted by atomic mass is 16.7. The average molecular weight is 1260 g/mol. The Morgan fingerprint density at radius 1 is 0.393 bits per heavy atom. The Balaban J connectivity index is 2.21. The lowest BCUT2D eigenvalue weighted by Crippen LogP contribution is -2.60. The van der Waals surface area contributed by atoms with E-state index in [0.29, 0.717) is 19.3 Å². The van der Waals surface area contributed by atoms with Gasteiger partial charge in [0.25, 0.3) is 0 Å². The number of hydrogen-bond donors (Lipinski definition) is 8. The van der Waals surface area contributed by atoms with E-state index in [4.69, 9.17) is 9.47 Å². The van der Waals surface area contributed by atoms with Crippen molar-refractivity contribution in [3.63, 3.8) is 0 Å². The fraction of sp³-hybridized carbons (Fsp3) is 0.859. The van der Waals surface area contributed by atoms with Gasteiger partial charge in [-0.25, -0.2) is 0 Å². The fourth-order valence-electron chi connectivity index (χ4n) is 12.2. The van der Waals surface area contributed by atoms with Gasteiger partial charge in [0.1, 0.15) is 36.6 Å². The van der Waals surface area contributed by atoms with Crippen molar-refractivity contribution in [2.45, 2.75) is 416 Å². The van der Waals surface area contributed by atoms with Gasteiger partial charge < -0.3 is 50.5 Å². The molecule has 0 aliphatic carbocycles. The van der Waals surface area contributed by atoms with Gasteiger partial charge in [0.05, 0.1) is 25.4 Å². The van der Waals surface area contributed by atoms with Crippen LogP contribution < -0.4 is 5.32 Å². The van der Waals surface area contributed by atoms with E-state index in [2.05, 4.69) is 79.9 Å². The predicted octanol–water partition coefficient (Wildman–Crippen LogP) is 19.3. The first-order chi connectivity index (χ1) is 43.7. The Bertz CT molecular complexity index is 1630. The number of ether oxygens (including phenoxy) is 2. The minimum atomic E-state index is -1.68. The van der Waals surface area contributed by atoms with Crippen molar-refractivity contribution in [2.75, 3.05) is 13.2 Å². The van der Waals surface area contributed by atoms with Gasteiger partial charge in [-0.2, -0.15) is 0 Å². The molecule has 1 heterocycles. The summed E-state index contributed by atoms with van der Waals surface area (Å²) in [4.78, 5) is 13.3. The largest absolute Gasteiger partial charge is 0.394 e. The lowest BCUT2D eigenvalue weighted by molar-refractivity contribution is -0.303. The van der Waals surface area contributed by atoms with Crippen molar-refractivity contribution in [1.29, 1.82) is 0 Å². The zero-order chi connectivity index (χ0) is 64.6. The van der Waals surface area contributed by atoms with Gasteiger partial charge in [-0.3, -0.25) is 4.79 Å². The van der Waals surface area contributed by atoms with Gasteiger partial charge in [-0.15, -0.1) is 0 Å². The SMILES string of the molecule is CCCCCCCCCCC/C=C\C/C=C\CCCCCCCCCCCCCCCCC(O)C(=O)NC(COC1OC(CO)C(O)C(O)C1O)C(O)C(O)CCC/C=C/CC/C=C/CC/C=C/CCCCCCCCCCCCCCCCCCCCC. The lowest BCUT2D eigenvalue weighted by Gasteiger charge is -2.40. The van der Waals surface area contributed by atoms with E-state index < -0.39 is 74.2 Å². The summed E-state index contributed by atoms with van der Waals surface area (Å²) in [5.74, 6) is -0.710. The van der Waals surface area contributed by atoms with E-state index in [0.717, 1.165) is 51.4 Å². The molecule has 0 bridgehead atoms.